The van der Waals surface area contributed by atoms with Crippen molar-refractivity contribution in [3.63, 3.8) is 0 Å². The minimum absolute atomic E-state index is 0.628. The van der Waals surface area contributed by atoms with E-state index in [9.17, 15) is 0 Å². The molecular formula is C14H23Cl. The van der Waals surface area contributed by atoms with Gasteiger partial charge >= 0.3 is 0 Å². The minimum Gasteiger partial charge on any atom is -0.122 e. The molecule has 0 unspecified atom stereocenters. The number of alkyl halides is 1. The molecule has 0 N–H and O–H groups in total. The maximum atomic E-state index is 5.53. The highest BCUT2D eigenvalue weighted by Crippen LogP contribution is 2.08. The zero-order valence-electron chi connectivity index (χ0n) is 10.2. The molecule has 0 aromatic heterocycles. The maximum Gasteiger partial charge on any atom is 0.0404 e. The molecule has 0 saturated heterocycles. The van der Waals surface area contributed by atoms with E-state index in [0.717, 1.165) is 12.8 Å². The third-order valence-electron chi connectivity index (χ3n) is 2.17. The van der Waals surface area contributed by atoms with Crippen molar-refractivity contribution in [1.82, 2.24) is 0 Å². The largest absolute Gasteiger partial charge is 0.122 e. The summed E-state index contributed by atoms with van der Waals surface area (Å²) in [6.45, 7) is 6.51. The fourth-order valence-electron chi connectivity index (χ4n) is 1.30. The monoisotopic (exact) mass is 226 g/mol. The predicted molar refractivity (Wildman–Crippen MR) is 71.5 cm³/mol. The Morgan fingerprint density at radius 2 is 1.67 bits per heavy atom. The van der Waals surface area contributed by atoms with Gasteiger partial charge in [-0.25, -0.2) is 0 Å². The smallest absolute Gasteiger partial charge is 0.0404 e. The van der Waals surface area contributed by atoms with Crippen molar-refractivity contribution < 1.29 is 0 Å². The van der Waals surface area contributed by atoms with Crippen molar-refractivity contribution in [3.05, 3.63) is 35.5 Å². The van der Waals surface area contributed by atoms with Gasteiger partial charge in [0, 0.05) is 5.88 Å². The quantitative estimate of drug-likeness (QED) is 0.316. The van der Waals surface area contributed by atoms with Crippen LogP contribution in [0.4, 0.5) is 0 Å². The first kappa shape index (κ1) is 14.5. The number of hydrogen-bond donors (Lipinski definition) is 0. The number of allylic oxidation sites excluding steroid dienone is 6. The van der Waals surface area contributed by atoms with Gasteiger partial charge in [-0.1, -0.05) is 35.5 Å². The summed E-state index contributed by atoms with van der Waals surface area (Å²) in [6, 6.07) is 0. The first-order valence-electron chi connectivity index (χ1n) is 5.66. The summed E-state index contributed by atoms with van der Waals surface area (Å²) in [7, 11) is 0. The Morgan fingerprint density at radius 3 is 2.27 bits per heavy atom. The molecule has 0 nitrogen and oxygen atoms in total. The maximum absolute atomic E-state index is 5.53. The third-order valence-corrected chi connectivity index (χ3v) is 2.35. The molecule has 86 valence electrons. The fourth-order valence-corrected chi connectivity index (χ4v) is 1.42. The van der Waals surface area contributed by atoms with Crippen molar-refractivity contribution in [2.45, 2.75) is 46.5 Å². The molecule has 15 heavy (non-hydrogen) atoms. The van der Waals surface area contributed by atoms with E-state index in [-0.39, 0.29) is 0 Å². The topological polar surface area (TPSA) is 0 Å². The first-order chi connectivity index (χ1) is 7.16. The third kappa shape index (κ3) is 11.4. The van der Waals surface area contributed by atoms with Gasteiger partial charge < -0.3 is 0 Å². The molecule has 0 aliphatic carbocycles. The Morgan fingerprint density at radius 1 is 0.933 bits per heavy atom. The van der Waals surface area contributed by atoms with E-state index in [1.807, 2.05) is 6.08 Å². The van der Waals surface area contributed by atoms with Gasteiger partial charge in [-0.05, 0) is 46.5 Å². The molecule has 0 aliphatic heterocycles. The standard InChI is InChI=1S/C14H23Cl/c1-13(2)9-8-11-14(3)10-6-4-5-7-12-15/h5,7,9-10H,4,6,8,11-12H2,1-3H3. The second-order valence-corrected chi connectivity index (χ2v) is 4.38. The Kier molecular flexibility index (Phi) is 9.71. The molecule has 0 aromatic rings. The predicted octanol–water partition coefficient (Wildman–Crippen LogP) is 5.25. The lowest BCUT2D eigenvalue weighted by Gasteiger charge is -1.98. The zero-order chi connectivity index (χ0) is 11.5. The van der Waals surface area contributed by atoms with Crippen LogP contribution in [0.5, 0.6) is 0 Å². The second kappa shape index (κ2) is 10.0. The van der Waals surface area contributed by atoms with E-state index in [1.54, 1.807) is 0 Å². The number of unbranched alkanes of at least 4 members (excludes halogenated alkanes) is 1. The molecule has 1 heteroatoms. The Hall–Kier alpha value is -0.490. The average Bonchev–Trinajstić information content (AvgIpc) is 2.17. The van der Waals surface area contributed by atoms with Gasteiger partial charge in [-0.3, -0.25) is 0 Å². The molecule has 0 heterocycles. The molecule has 0 atom stereocenters. The number of hydrogen-bond acceptors (Lipinski definition) is 0. The molecule has 0 spiro atoms. The molecule has 0 aromatic carbocycles. The van der Waals surface area contributed by atoms with E-state index in [2.05, 4.69) is 39.0 Å². The lowest BCUT2D eigenvalue weighted by atomic mass is 10.1. The van der Waals surface area contributed by atoms with Crippen LogP contribution in [0.25, 0.3) is 0 Å². The van der Waals surface area contributed by atoms with Gasteiger partial charge in [0.2, 0.25) is 0 Å². The molecule has 0 aliphatic rings. The lowest BCUT2D eigenvalue weighted by Crippen LogP contribution is -1.77. The van der Waals surface area contributed by atoms with Crippen LogP contribution in [0.1, 0.15) is 46.5 Å². The molecule has 0 fully saturated rings. The van der Waals surface area contributed by atoms with Crippen LogP contribution in [0, 0.1) is 0 Å². The number of rotatable bonds is 7. The van der Waals surface area contributed by atoms with Crippen LogP contribution >= 0.6 is 11.6 Å². The summed E-state index contributed by atoms with van der Waals surface area (Å²) in [6.07, 6.45) is 13.4. The molecule has 0 saturated carbocycles. The molecule has 0 bridgehead atoms. The number of halogens is 1. The van der Waals surface area contributed by atoms with Gasteiger partial charge in [-0.15, -0.1) is 11.6 Å². The summed E-state index contributed by atoms with van der Waals surface area (Å²) in [5.74, 6) is 0.628. The van der Waals surface area contributed by atoms with Gasteiger partial charge in [0.15, 0.2) is 0 Å². The fraction of sp³-hybridized carbons (Fsp3) is 0.571. The van der Waals surface area contributed by atoms with E-state index in [4.69, 9.17) is 11.6 Å². The molecular weight excluding hydrogens is 204 g/mol. The summed E-state index contributed by atoms with van der Waals surface area (Å²) < 4.78 is 0. The van der Waals surface area contributed by atoms with E-state index in [1.165, 1.54) is 24.0 Å². The Bertz CT molecular complexity index is 230. The van der Waals surface area contributed by atoms with E-state index >= 15 is 0 Å². The van der Waals surface area contributed by atoms with Crippen LogP contribution in [0.3, 0.4) is 0 Å². The van der Waals surface area contributed by atoms with Crippen molar-refractivity contribution in [3.8, 4) is 0 Å². The van der Waals surface area contributed by atoms with Crippen molar-refractivity contribution in [1.29, 1.82) is 0 Å². The van der Waals surface area contributed by atoms with Crippen LogP contribution in [-0.4, -0.2) is 5.88 Å². The van der Waals surface area contributed by atoms with Crippen LogP contribution in [-0.2, 0) is 0 Å². The van der Waals surface area contributed by atoms with Gasteiger partial charge in [0.1, 0.15) is 0 Å². The highest BCUT2D eigenvalue weighted by Gasteiger charge is 1.88. The second-order valence-electron chi connectivity index (χ2n) is 4.07. The Labute approximate surface area is 99.7 Å². The van der Waals surface area contributed by atoms with Crippen LogP contribution in [0.15, 0.2) is 35.5 Å². The molecule has 0 amide bonds. The highest BCUT2D eigenvalue weighted by atomic mass is 35.5. The van der Waals surface area contributed by atoms with Crippen LogP contribution < -0.4 is 0 Å². The highest BCUT2D eigenvalue weighted by molar-refractivity contribution is 6.18. The van der Waals surface area contributed by atoms with E-state index < -0.39 is 0 Å². The summed E-state index contributed by atoms with van der Waals surface area (Å²) in [4.78, 5) is 0. The summed E-state index contributed by atoms with van der Waals surface area (Å²) >= 11 is 5.53. The van der Waals surface area contributed by atoms with Crippen molar-refractivity contribution >= 4 is 11.6 Å². The van der Waals surface area contributed by atoms with E-state index in [0.29, 0.717) is 5.88 Å². The molecule has 0 radical (unpaired) electrons. The normalized spacial score (nSPS) is 12.1. The van der Waals surface area contributed by atoms with Crippen molar-refractivity contribution in [2.24, 2.45) is 0 Å². The summed E-state index contributed by atoms with van der Waals surface area (Å²) in [5.41, 5.74) is 2.90. The van der Waals surface area contributed by atoms with Gasteiger partial charge in [0.05, 0.1) is 0 Å². The zero-order valence-corrected chi connectivity index (χ0v) is 11.0. The first-order valence-corrected chi connectivity index (χ1v) is 6.20. The van der Waals surface area contributed by atoms with Gasteiger partial charge in [-0.2, -0.15) is 0 Å². The van der Waals surface area contributed by atoms with Crippen LogP contribution in [0.2, 0.25) is 0 Å². The summed E-state index contributed by atoms with van der Waals surface area (Å²) in [5, 5.41) is 0. The average molecular weight is 227 g/mol. The minimum atomic E-state index is 0.628. The lowest BCUT2D eigenvalue weighted by molar-refractivity contribution is 0.936. The van der Waals surface area contributed by atoms with Crippen molar-refractivity contribution in [2.75, 3.05) is 5.88 Å². The SMILES string of the molecule is CC(C)=CCCC(C)=CCCC=CCCl. The molecule has 0 rings (SSSR count). The van der Waals surface area contributed by atoms with Gasteiger partial charge in [0.25, 0.3) is 0 Å². The Balaban J connectivity index is 3.61.